The monoisotopic (exact) mass is 500 g/mol. The highest BCUT2D eigenvalue weighted by Gasteiger charge is 2.39. The zero-order chi connectivity index (χ0) is 23.2. The molecule has 0 N–H and O–H groups in total. The molecule has 0 aliphatic carbocycles. The molecule has 0 atom stereocenters. The molecule has 0 unspecified atom stereocenters. The van der Waals surface area contributed by atoms with Gasteiger partial charge in [0.15, 0.2) is 11.6 Å². The fourth-order valence-corrected chi connectivity index (χ4v) is 5.83. The summed E-state index contributed by atoms with van der Waals surface area (Å²) in [4.78, 5) is 11.2. The first kappa shape index (κ1) is 21.8. The highest BCUT2D eigenvalue weighted by atomic mass is 35.5. The Bertz CT molecular complexity index is 1460. The number of ether oxygens (including phenoxy) is 1. The molecular formula is C23H18Cl2N4O3S. The van der Waals surface area contributed by atoms with Crippen molar-refractivity contribution in [1.82, 2.24) is 9.97 Å². The molecule has 0 spiro atoms. The second-order valence-electron chi connectivity index (χ2n) is 7.48. The normalized spacial score (nSPS) is 13.4. The second-order valence-corrected chi connectivity index (χ2v) is 10.1. The van der Waals surface area contributed by atoms with Gasteiger partial charge in [-0.2, -0.15) is 0 Å². The lowest BCUT2D eigenvalue weighted by Gasteiger charge is -2.21. The molecule has 0 fully saturated rings. The number of anilines is 2. The predicted octanol–water partition coefficient (Wildman–Crippen LogP) is 5.12. The maximum atomic E-state index is 13.7. The number of sulfonamides is 1. The van der Waals surface area contributed by atoms with Gasteiger partial charge in [-0.15, -0.1) is 0 Å². The van der Waals surface area contributed by atoms with Crippen molar-refractivity contribution in [2.45, 2.75) is 11.4 Å². The Kier molecular flexibility index (Phi) is 5.52. The van der Waals surface area contributed by atoms with E-state index in [9.17, 15) is 8.42 Å². The lowest BCUT2D eigenvalue weighted by molar-refractivity contribution is 0.414. The number of methoxy groups -OCH3 is 1. The fraction of sp³-hybridized carbons (Fsp3) is 0.130. The largest absolute Gasteiger partial charge is 0.497 e. The first-order valence-corrected chi connectivity index (χ1v) is 12.2. The van der Waals surface area contributed by atoms with E-state index in [0.717, 1.165) is 11.3 Å². The molecule has 10 heteroatoms. The molecule has 3 aromatic carbocycles. The molecule has 1 aromatic heterocycles. The Morgan fingerprint density at radius 1 is 0.939 bits per heavy atom. The summed E-state index contributed by atoms with van der Waals surface area (Å²) in [5, 5.41) is 0.361. The predicted molar refractivity (Wildman–Crippen MR) is 130 cm³/mol. The Morgan fingerprint density at radius 2 is 1.61 bits per heavy atom. The molecule has 0 radical (unpaired) electrons. The Balaban J connectivity index is 1.61. The van der Waals surface area contributed by atoms with Crippen LogP contribution in [0, 0.1) is 0 Å². The van der Waals surface area contributed by atoms with Gasteiger partial charge >= 0.3 is 0 Å². The van der Waals surface area contributed by atoms with Gasteiger partial charge in [0.25, 0.3) is 10.0 Å². The van der Waals surface area contributed by atoms with E-state index >= 15 is 0 Å². The number of para-hydroxylation sites is 2. The van der Waals surface area contributed by atoms with E-state index in [4.69, 9.17) is 32.9 Å². The van der Waals surface area contributed by atoms with Gasteiger partial charge in [-0.3, -0.25) is 0 Å². The number of halogens is 2. The van der Waals surface area contributed by atoms with E-state index in [-0.39, 0.29) is 27.4 Å². The molecule has 4 aromatic rings. The number of hydrogen-bond donors (Lipinski definition) is 0. The lowest BCUT2D eigenvalue weighted by Crippen LogP contribution is -2.35. The van der Waals surface area contributed by atoms with Crippen LogP contribution >= 0.6 is 23.2 Å². The van der Waals surface area contributed by atoms with Crippen molar-refractivity contribution in [3.8, 4) is 5.75 Å². The quantitative estimate of drug-likeness (QED) is 0.378. The van der Waals surface area contributed by atoms with Gasteiger partial charge in [-0.05, 0) is 48.0 Å². The van der Waals surface area contributed by atoms with Crippen LogP contribution in [0.3, 0.4) is 0 Å². The number of aromatic nitrogens is 2. The topological polar surface area (TPSA) is 75.6 Å². The summed E-state index contributed by atoms with van der Waals surface area (Å²) in [5.41, 5.74) is 2.24. The molecule has 0 saturated carbocycles. The molecule has 33 heavy (non-hydrogen) atoms. The molecule has 5 rings (SSSR count). The van der Waals surface area contributed by atoms with Gasteiger partial charge in [0.05, 0.1) is 23.2 Å². The Labute approximate surface area is 201 Å². The van der Waals surface area contributed by atoms with Crippen LogP contribution < -0.4 is 13.9 Å². The maximum Gasteiger partial charge on any atom is 0.268 e. The molecule has 0 saturated heterocycles. The number of fused-ring (bicyclic) bond motifs is 2. The van der Waals surface area contributed by atoms with Gasteiger partial charge in [-0.25, -0.2) is 22.7 Å². The molecule has 1 aliphatic heterocycles. The van der Waals surface area contributed by atoms with E-state index < -0.39 is 10.0 Å². The first-order chi connectivity index (χ1) is 15.9. The molecule has 1 aliphatic rings. The number of benzene rings is 3. The molecule has 168 valence electrons. The highest BCUT2D eigenvalue weighted by Crippen LogP contribution is 2.40. The third-order valence-corrected chi connectivity index (χ3v) is 7.80. The van der Waals surface area contributed by atoms with Crippen molar-refractivity contribution in [3.63, 3.8) is 0 Å². The average Bonchev–Trinajstić information content (AvgIpc) is 3.17. The van der Waals surface area contributed by atoms with E-state index in [1.807, 2.05) is 47.4 Å². The smallest absolute Gasteiger partial charge is 0.268 e. The van der Waals surface area contributed by atoms with Gasteiger partial charge in [0.1, 0.15) is 17.3 Å². The molecule has 0 amide bonds. The molecular weight excluding hydrogens is 483 g/mol. The molecule has 2 heterocycles. The number of rotatable bonds is 5. The lowest BCUT2D eigenvalue weighted by atomic mass is 10.2. The van der Waals surface area contributed by atoms with Crippen LogP contribution in [0.1, 0.15) is 5.56 Å². The van der Waals surface area contributed by atoms with Gasteiger partial charge in [0, 0.05) is 11.6 Å². The third-order valence-electron chi connectivity index (χ3n) is 5.36. The van der Waals surface area contributed by atoms with Crippen LogP contribution in [0.2, 0.25) is 10.0 Å². The van der Waals surface area contributed by atoms with Crippen LogP contribution in [0.25, 0.3) is 11.0 Å². The van der Waals surface area contributed by atoms with Crippen molar-refractivity contribution in [2.75, 3.05) is 23.0 Å². The van der Waals surface area contributed by atoms with Crippen LogP contribution in [0.15, 0.2) is 71.6 Å². The van der Waals surface area contributed by atoms with Crippen LogP contribution in [0.5, 0.6) is 5.75 Å². The third kappa shape index (κ3) is 3.94. The Hall–Kier alpha value is -3.07. The van der Waals surface area contributed by atoms with Crippen LogP contribution in [-0.2, 0) is 16.6 Å². The fourth-order valence-electron chi connectivity index (χ4n) is 3.71. The van der Waals surface area contributed by atoms with Crippen LogP contribution in [-0.4, -0.2) is 32.2 Å². The zero-order valence-electron chi connectivity index (χ0n) is 17.4. The summed E-state index contributed by atoms with van der Waals surface area (Å²) in [6.07, 6.45) is 0. The van der Waals surface area contributed by atoms with Crippen molar-refractivity contribution in [1.29, 1.82) is 0 Å². The van der Waals surface area contributed by atoms with Crippen molar-refractivity contribution in [3.05, 3.63) is 82.3 Å². The minimum absolute atomic E-state index is 0.0306. The first-order valence-electron chi connectivity index (χ1n) is 9.99. The van der Waals surface area contributed by atoms with E-state index in [1.165, 1.54) is 16.4 Å². The average molecular weight is 501 g/mol. The molecule has 7 nitrogen and oxygen atoms in total. The zero-order valence-corrected chi connectivity index (χ0v) is 19.8. The van der Waals surface area contributed by atoms with Gasteiger partial charge < -0.3 is 9.64 Å². The maximum absolute atomic E-state index is 13.7. The minimum atomic E-state index is -4.06. The number of nitrogens with zero attached hydrogens (tertiary/aromatic N) is 4. The second kappa shape index (κ2) is 8.37. The summed E-state index contributed by atoms with van der Waals surface area (Å²) in [7, 11) is -2.45. The van der Waals surface area contributed by atoms with Crippen LogP contribution in [0.4, 0.5) is 11.6 Å². The van der Waals surface area contributed by atoms with E-state index in [1.54, 1.807) is 19.2 Å². The van der Waals surface area contributed by atoms with Crippen molar-refractivity contribution < 1.29 is 13.2 Å². The standard InChI is InChI=1S/C23H18Cl2N4O3S/c1-32-17-9-6-15(7-10-17)13-28-14-29(33(30,31)21-12-16(24)8-11-18(21)25)23-22(28)26-19-4-2-3-5-20(19)27-23/h2-12H,13-14H2,1H3. The molecule has 0 bridgehead atoms. The summed E-state index contributed by atoms with van der Waals surface area (Å²) in [6.45, 7) is 0.460. The van der Waals surface area contributed by atoms with Crippen molar-refractivity contribution in [2.24, 2.45) is 0 Å². The Morgan fingerprint density at radius 3 is 2.27 bits per heavy atom. The number of hydrogen-bond acceptors (Lipinski definition) is 6. The SMILES string of the molecule is COc1ccc(CN2CN(S(=O)(=O)c3cc(Cl)ccc3Cl)c3nc4ccccc4nc32)cc1. The highest BCUT2D eigenvalue weighted by molar-refractivity contribution is 7.93. The van der Waals surface area contributed by atoms with Gasteiger partial charge in [-0.1, -0.05) is 47.5 Å². The summed E-state index contributed by atoms with van der Waals surface area (Å²) in [5.74, 6) is 1.47. The van der Waals surface area contributed by atoms with E-state index in [0.29, 0.717) is 23.4 Å². The van der Waals surface area contributed by atoms with E-state index in [2.05, 4.69) is 4.98 Å². The van der Waals surface area contributed by atoms with Crippen molar-refractivity contribution >= 4 is 55.9 Å². The summed E-state index contributed by atoms with van der Waals surface area (Å²) < 4.78 is 33.8. The van der Waals surface area contributed by atoms with Gasteiger partial charge in [0.2, 0.25) is 0 Å². The minimum Gasteiger partial charge on any atom is -0.497 e. The summed E-state index contributed by atoms with van der Waals surface area (Å²) >= 11 is 12.3. The summed E-state index contributed by atoms with van der Waals surface area (Å²) in [6, 6.07) is 19.3.